The highest BCUT2D eigenvalue weighted by Gasteiger charge is 2.29. The van der Waals surface area contributed by atoms with E-state index in [9.17, 15) is 14.3 Å². The number of carboxylic acids is 1. The standard InChI is InChI=1S/C28H29FN4O2/c1-18-22(16-26(34)35)27(32-13-11-28(2,3)12-14-32)33-25(30-18)17-24(31-33)20-8-6-7-19(15-20)21-9-4-5-10-23(21)29/h4-10,15,17H,11-14,16H2,1-3H3,(H,34,35). The van der Waals surface area contributed by atoms with Gasteiger partial charge in [0.15, 0.2) is 5.65 Å². The highest BCUT2D eigenvalue weighted by atomic mass is 19.1. The van der Waals surface area contributed by atoms with Crippen molar-refractivity contribution in [3.63, 3.8) is 0 Å². The molecule has 0 saturated carbocycles. The summed E-state index contributed by atoms with van der Waals surface area (Å²) < 4.78 is 16.2. The summed E-state index contributed by atoms with van der Waals surface area (Å²) >= 11 is 0. The van der Waals surface area contributed by atoms with Gasteiger partial charge in [0.2, 0.25) is 0 Å². The normalized spacial score (nSPS) is 15.5. The number of piperidine rings is 1. The summed E-state index contributed by atoms with van der Waals surface area (Å²) in [6.45, 7) is 8.06. The summed E-state index contributed by atoms with van der Waals surface area (Å²) in [5.74, 6) is -0.356. The second kappa shape index (κ2) is 8.80. The van der Waals surface area contributed by atoms with Gasteiger partial charge in [-0.25, -0.2) is 9.37 Å². The predicted molar refractivity (Wildman–Crippen MR) is 135 cm³/mol. The Bertz CT molecular complexity index is 1420. The maximum Gasteiger partial charge on any atom is 0.308 e. The summed E-state index contributed by atoms with van der Waals surface area (Å²) in [5, 5.41) is 14.5. The van der Waals surface area contributed by atoms with Crippen molar-refractivity contribution in [1.29, 1.82) is 0 Å². The van der Waals surface area contributed by atoms with Crippen LogP contribution in [0.5, 0.6) is 0 Å². The predicted octanol–water partition coefficient (Wildman–Crippen LogP) is 5.76. The Balaban J connectivity index is 1.63. The number of carbonyl (C=O) groups is 1. The number of fused-ring (bicyclic) bond motifs is 1. The van der Waals surface area contributed by atoms with Gasteiger partial charge < -0.3 is 10.0 Å². The fraction of sp³-hybridized carbons (Fsp3) is 0.321. The zero-order chi connectivity index (χ0) is 24.7. The molecule has 35 heavy (non-hydrogen) atoms. The molecule has 3 heterocycles. The molecule has 0 unspecified atom stereocenters. The smallest absolute Gasteiger partial charge is 0.308 e. The monoisotopic (exact) mass is 472 g/mol. The first-order valence-corrected chi connectivity index (χ1v) is 11.9. The first kappa shape index (κ1) is 23.0. The van der Waals surface area contributed by atoms with Crippen molar-refractivity contribution in [2.45, 2.75) is 40.0 Å². The van der Waals surface area contributed by atoms with Crippen LogP contribution in [0, 0.1) is 18.2 Å². The number of nitrogens with zero attached hydrogens (tertiary/aromatic N) is 4. The van der Waals surface area contributed by atoms with E-state index < -0.39 is 5.97 Å². The molecule has 5 rings (SSSR count). The highest BCUT2D eigenvalue weighted by molar-refractivity contribution is 5.76. The van der Waals surface area contributed by atoms with E-state index in [-0.39, 0.29) is 17.7 Å². The topological polar surface area (TPSA) is 70.7 Å². The molecule has 0 atom stereocenters. The van der Waals surface area contributed by atoms with Crippen molar-refractivity contribution >= 4 is 17.4 Å². The molecule has 0 aliphatic carbocycles. The largest absolute Gasteiger partial charge is 0.481 e. The first-order chi connectivity index (χ1) is 16.7. The Morgan fingerprint density at radius 1 is 1.06 bits per heavy atom. The molecule has 1 aliphatic heterocycles. The van der Waals surface area contributed by atoms with E-state index >= 15 is 0 Å². The van der Waals surface area contributed by atoms with Gasteiger partial charge in [-0.2, -0.15) is 9.61 Å². The van der Waals surface area contributed by atoms with Crippen LogP contribution in [0.2, 0.25) is 0 Å². The number of rotatable bonds is 5. The molecule has 2 aromatic carbocycles. The molecule has 180 valence electrons. The van der Waals surface area contributed by atoms with E-state index in [1.165, 1.54) is 6.07 Å². The molecule has 7 heteroatoms. The SMILES string of the molecule is Cc1nc2cc(-c3cccc(-c4ccccc4F)c3)nn2c(N2CCC(C)(C)CC2)c1CC(=O)O. The summed E-state index contributed by atoms with van der Waals surface area (Å²) in [7, 11) is 0. The zero-order valence-electron chi connectivity index (χ0n) is 20.3. The molecule has 1 fully saturated rings. The minimum Gasteiger partial charge on any atom is -0.481 e. The molecule has 1 aliphatic rings. The molecule has 0 amide bonds. The number of halogens is 1. The number of anilines is 1. The molecule has 2 aromatic heterocycles. The van der Waals surface area contributed by atoms with Gasteiger partial charge in [0.05, 0.1) is 12.1 Å². The average molecular weight is 473 g/mol. The minimum atomic E-state index is -0.891. The van der Waals surface area contributed by atoms with Crippen LogP contribution in [0.3, 0.4) is 0 Å². The third-order valence-electron chi connectivity index (χ3n) is 6.97. The van der Waals surface area contributed by atoms with E-state index in [1.807, 2.05) is 43.3 Å². The maximum absolute atomic E-state index is 14.4. The lowest BCUT2D eigenvalue weighted by molar-refractivity contribution is -0.136. The fourth-order valence-electron chi connectivity index (χ4n) is 4.83. The number of hydrogen-bond donors (Lipinski definition) is 1. The van der Waals surface area contributed by atoms with Gasteiger partial charge in [-0.05, 0) is 42.9 Å². The minimum absolute atomic E-state index is 0.109. The van der Waals surface area contributed by atoms with Crippen molar-refractivity contribution in [2.75, 3.05) is 18.0 Å². The van der Waals surface area contributed by atoms with Gasteiger partial charge in [0.1, 0.15) is 11.6 Å². The van der Waals surface area contributed by atoms with Crippen LogP contribution in [0.25, 0.3) is 28.0 Å². The molecule has 0 radical (unpaired) electrons. The number of carboxylic acid groups (broad SMARTS) is 1. The van der Waals surface area contributed by atoms with Crippen LogP contribution in [0.4, 0.5) is 10.2 Å². The lowest BCUT2D eigenvalue weighted by atomic mass is 9.82. The van der Waals surface area contributed by atoms with Crippen LogP contribution in [0.1, 0.15) is 37.9 Å². The number of aromatic nitrogens is 3. The number of benzene rings is 2. The highest BCUT2D eigenvalue weighted by Crippen LogP contribution is 2.35. The summed E-state index contributed by atoms with van der Waals surface area (Å²) in [5.41, 5.74) is 5.18. The molecular weight excluding hydrogens is 443 g/mol. The van der Waals surface area contributed by atoms with Crippen molar-refractivity contribution in [1.82, 2.24) is 14.6 Å². The van der Waals surface area contributed by atoms with Crippen LogP contribution in [-0.4, -0.2) is 38.8 Å². The molecule has 0 bridgehead atoms. The Labute approximate surface area is 204 Å². The van der Waals surface area contributed by atoms with E-state index in [0.717, 1.165) is 42.9 Å². The van der Waals surface area contributed by atoms with Crippen LogP contribution < -0.4 is 4.90 Å². The number of aryl methyl sites for hydroxylation is 1. The second-order valence-corrected chi connectivity index (χ2v) is 10.1. The summed E-state index contributed by atoms with van der Waals surface area (Å²) in [6, 6.07) is 16.3. The van der Waals surface area contributed by atoms with Gasteiger partial charge in [0.25, 0.3) is 0 Å². The summed E-state index contributed by atoms with van der Waals surface area (Å²) in [6.07, 6.45) is 1.92. The first-order valence-electron chi connectivity index (χ1n) is 11.9. The maximum atomic E-state index is 14.4. The van der Waals surface area contributed by atoms with Gasteiger partial charge in [-0.15, -0.1) is 0 Å². The third kappa shape index (κ3) is 4.50. The van der Waals surface area contributed by atoms with Gasteiger partial charge >= 0.3 is 5.97 Å². The second-order valence-electron chi connectivity index (χ2n) is 10.1. The van der Waals surface area contributed by atoms with Gasteiger partial charge in [-0.3, -0.25) is 4.79 Å². The molecular formula is C28H29FN4O2. The lowest BCUT2D eigenvalue weighted by Gasteiger charge is -2.38. The number of hydrogen-bond acceptors (Lipinski definition) is 4. The zero-order valence-corrected chi connectivity index (χ0v) is 20.3. The average Bonchev–Trinajstić information content (AvgIpc) is 3.24. The van der Waals surface area contributed by atoms with Crippen molar-refractivity contribution in [3.8, 4) is 22.4 Å². The molecule has 4 aromatic rings. The van der Waals surface area contributed by atoms with Crippen LogP contribution in [0.15, 0.2) is 54.6 Å². The van der Waals surface area contributed by atoms with E-state index in [1.54, 1.807) is 16.6 Å². The van der Waals surface area contributed by atoms with Crippen molar-refractivity contribution in [3.05, 3.63) is 71.7 Å². The van der Waals surface area contributed by atoms with Crippen LogP contribution >= 0.6 is 0 Å². The van der Waals surface area contributed by atoms with E-state index in [2.05, 4.69) is 18.7 Å². The molecule has 1 N–H and O–H groups in total. The molecule has 0 spiro atoms. The fourth-order valence-corrected chi connectivity index (χ4v) is 4.83. The Morgan fingerprint density at radius 2 is 1.77 bits per heavy atom. The van der Waals surface area contributed by atoms with Crippen molar-refractivity contribution < 1.29 is 14.3 Å². The molecule has 1 saturated heterocycles. The van der Waals surface area contributed by atoms with Gasteiger partial charge in [-0.1, -0.05) is 50.2 Å². The summed E-state index contributed by atoms with van der Waals surface area (Å²) in [4.78, 5) is 18.7. The van der Waals surface area contributed by atoms with Crippen LogP contribution in [-0.2, 0) is 11.2 Å². The Kier molecular flexibility index (Phi) is 5.79. The third-order valence-corrected chi connectivity index (χ3v) is 6.97. The van der Waals surface area contributed by atoms with E-state index in [0.29, 0.717) is 28.2 Å². The quantitative estimate of drug-likeness (QED) is 0.400. The van der Waals surface area contributed by atoms with Crippen molar-refractivity contribution in [2.24, 2.45) is 5.41 Å². The Morgan fingerprint density at radius 3 is 2.49 bits per heavy atom. The number of aliphatic carboxylic acids is 1. The Hall–Kier alpha value is -3.74. The van der Waals surface area contributed by atoms with E-state index in [4.69, 9.17) is 10.1 Å². The lowest BCUT2D eigenvalue weighted by Crippen LogP contribution is -2.39. The molecule has 6 nitrogen and oxygen atoms in total. The van der Waals surface area contributed by atoms with Gasteiger partial charge in [0, 0.05) is 41.5 Å².